The van der Waals surface area contributed by atoms with Gasteiger partial charge in [0.15, 0.2) is 0 Å². The van der Waals surface area contributed by atoms with Crippen molar-refractivity contribution in [3.8, 4) is 0 Å². The lowest BCUT2D eigenvalue weighted by atomic mass is 9.97. The predicted molar refractivity (Wildman–Crippen MR) is 74.3 cm³/mol. The van der Waals surface area contributed by atoms with Gasteiger partial charge in [-0.2, -0.15) is 0 Å². The molecule has 2 unspecified atom stereocenters. The molecule has 0 bridgehead atoms. The summed E-state index contributed by atoms with van der Waals surface area (Å²) in [5.41, 5.74) is 6.28. The van der Waals surface area contributed by atoms with Crippen molar-refractivity contribution in [2.24, 2.45) is 11.7 Å². The van der Waals surface area contributed by atoms with Gasteiger partial charge in [-0.1, -0.05) is 0 Å². The zero-order valence-electron chi connectivity index (χ0n) is 11.8. The average Bonchev–Trinajstić information content (AvgIpc) is 2.42. The van der Waals surface area contributed by atoms with E-state index < -0.39 is 17.7 Å². The first-order valence-corrected chi connectivity index (χ1v) is 7.02. The first-order chi connectivity index (χ1) is 9.60. The molecule has 3 nitrogen and oxygen atoms in total. The number of methoxy groups -OCH3 is 1. The van der Waals surface area contributed by atoms with E-state index in [1.807, 2.05) is 0 Å². The fourth-order valence-electron chi connectivity index (χ4n) is 2.86. The molecular formula is C15H22F2N2O. The minimum atomic E-state index is -0.507. The molecule has 0 saturated carbocycles. The van der Waals surface area contributed by atoms with E-state index in [0.29, 0.717) is 12.5 Å². The number of nitrogens with two attached hydrogens (primary N) is 1. The standard InChI is InChI=1S/C15H22F2N2O/c1-20-10-11-3-2-6-19(8-11)9-15(18)13-7-12(16)4-5-14(13)17/h4-5,7,11,15H,2-3,6,8-10,18H2,1H3. The summed E-state index contributed by atoms with van der Waals surface area (Å²) < 4.78 is 32.1. The van der Waals surface area contributed by atoms with Crippen molar-refractivity contribution in [3.05, 3.63) is 35.4 Å². The van der Waals surface area contributed by atoms with Crippen LogP contribution in [-0.2, 0) is 4.74 Å². The van der Waals surface area contributed by atoms with Crippen LogP contribution in [0.15, 0.2) is 18.2 Å². The van der Waals surface area contributed by atoms with Crippen LogP contribution in [0.25, 0.3) is 0 Å². The van der Waals surface area contributed by atoms with Crippen molar-refractivity contribution in [1.29, 1.82) is 0 Å². The molecule has 112 valence electrons. The Bertz CT molecular complexity index is 440. The normalized spacial score (nSPS) is 21.9. The Hall–Kier alpha value is -1.04. The van der Waals surface area contributed by atoms with E-state index in [1.54, 1.807) is 7.11 Å². The summed E-state index contributed by atoms with van der Waals surface area (Å²) in [7, 11) is 1.70. The molecule has 1 heterocycles. The Labute approximate surface area is 118 Å². The number of benzene rings is 1. The zero-order valence-corrected chi connectivity index (χ0v) is 11.8. The smallest absolute Gasteiger partial charge is 0.128 e. The van der Waals surface area contributed by atoms with Crippen LogP contribution in [0.5, 0.6) is 0 Å². The summed E-state index contributed by atoms with van der Waals surface area (Å²) >= 11 is 0. The van der Waals surface area contributed by atoms with Crippen molar-refractivity contribution < 1.29 is 13.5 Å². The number of likely N-dealkylation sites (tertiary alicyclic amines) is 1. The Balaban J connectivity index is 1.96. The maximum atomic E-state index is 13.7. The average molecular weight is 284 g/mol. The highest BCUT2D eigenvalue weighted by Gasteiger charge is 2.22. The molecule has 0 aliphatic carbocycles. The topological polar surface area (TPSA) is 38.5 Å². The lowest BCUT2D eigenvalue weighted by molar-refractivity contribution is 0.0876. The minimum absolute atomic E-state index is 0.249. The summed E-state index contributed by atoms with van der Waals surface area (Å²) in [6.07, 6.45) is 2.24. The Kier molecular flexibility index (Phi) is 5.46. The molecule has 20 heavy (non-hydrogen) atoms. The SMILES string of the molecule is COCC1CCCN(CC(N)c2cc(F)ccc2F)C1. The third-order valence-corrected chi connectivity index (χ3v) is 3.82. The van der Waals surface area contributed by atoms with Gasteiger partial charge in [0.25, 0.3) is 0 Å². The third-order valence-electron chi connectivity index (χ3n) is 3.82. The minimum Gasteiger partial charge on any atom is -0.384 e. The molecule has 0 aromatic heterocycles. The number of nitrogens with zero attached hydrogens (tertiary/aromatic N) is 1. The highest BCUT2D eigenvalue weighted by atomic mass is 19.1. The molecule has 0 radical (unpaired) electrons. The van der Waals surface area contributed by atoms with Crippen LogP contribution in [0.3, 0.4) is 0 Å². The molecule has 1 aliphatic rings. The van der Waals surface area contributed by atoms with E-state index in [9.17, 15) is 8.78 Å². The Morgan fingerprint density at radius 1 is 1.45 bits per heavy atom. The fourth-order valence-corrected chi connectivity index (χ4v) is 2.86. The van der Waals surface area contributed by atoms with Gasteiger partial charge < -0.3 is 15.4 Å². The van der Waals surface area contributed by atoms with Gasteiger partial charge in [-0.3, -0.25) is 0 Å². The largest absolute Gasteiger partial charge is 0.384 e. The lowest BCUT2D eigenvalue weighted by Crippen LogP contribution is -2.41. The summed E-state index contributed by atoms with van der Waals surface area (Å²) in [6.45, 7) is 3.13. The van der Waals surface area contributed by atoms with Crippen LogP contribution in [0.2, 0.25) is 0 Å². The van der Waals surface area contributed by atoms with Crippen molar-refractivity contribution in [3.63, 3.8) is 0 Å². The summed E-state index contributed by atoms with van der Waals surface area (Å²) in [5.74, 6) is -0.393. The molecule has 0 amide bonds. The van der Waals surface area contributed by atoms with Crippen LogP contribution in [-0.4, -0.2) is 38.3 Å². The maximum Gasteiger partial charge on any atom is 0.128 e. The van der Waals surface area contributed by atoms with Gasteiger partial charge in [0.2, 0.25) is 0 Å². The maximum absolute atomic E-state index is 13.7. The molecule has 1 aromatic carbocycles. The molecule has 1 fully saturated rings. The highest BCUT2D eigenvalue weighted by Crippen LogP contribution is 2.21. The molecule has 0 spiro atoms. The summed E-state index contributed by atoms with van der Waals surface area (Å²) in [4.78, 5) is 2.21. The predicted octanol–water partition coefficient (Wildman–Crippen LogP) is 2.32. The molecular weight excluding hydrogens is 262 g/mol. The number of piperidine rings is 1. The molecule has 2 N–H and O–H groups in total. The van der Waals surface area contributed by atoms with Crippen molar-refractivity contribution in [1.82, 2.24) is 4.90 Å². The molecule has 5 heteroatoms. The number of hydrogen-bond acceptors (Lipinski definition) is 3. The monoisotopic (exact) mass is 284 g/mol. The fraction of sp³-hybridized carbons (Fsp3) is 0.600. The highest BCUT2D eigenvalue weighted by molar-refractivity contribution is 5.22. The van der Waals surface area contributed by atoms with Gasteiger partial charge in [-0.25, -0.2) is 8.78 Å². The van der Waals surface area contributed by atoms with Crippen LogP contribution in [0.4, 0.5) is 8.78 Å². The summed E-state index contributed by atoms with van der Waals surface area (Å²) in [6, 6.07) is 2.93. The van der Waals surface area contributed by atoms with Crippen molar-refractivity contribution in [2.45, 2.75) is 18.9 Å². The van der Waals surface area contributed by atoms with Crippen LogP contribution >= 0.6 is 0 Å². The van der Waals surface area contributed by atoms with Crippen LogP contribution < -0.4 is 5.73 Å². The Morgan fingerprint density at radius 2 is 2.25 bits per heavy atom. The summed E-state index contributed by atoms with van der Waals surface area (Å²) in [5, 5.41) is 0. The number of ether oxygens (including phenoxy) is 1. The van der Waals surface area contributed by atoms with Gasteiger partial charge in [0.1, 0.15) is 11.6 Å². The van der Waals surface area contributed by atoms with Gasteiger partial charge >= 0.3 is 0 Å². The second kappa shape index (κ2) is 7.11. The van der Waals surface area contributed by atoms with Crippen molar-refractivity contribution >= 4 is 0 Å². The van der Waals surface area contributed by atoms with Gasteiger partial charge in [-0.05, 0) is 43.5 Å². The number of rotatable bonds is 5. The molecule has 2 rings (SSSR count). The van der Waals surface area contributed by atoms with E-state index in [4.69, 9.17) is 10.5 Å². The van der Waals surface area contributed by atoms with E-state index in [-0.39, 0.29) is 5.56 Å². The molecule has 2 atom stereocenters. The van der Waals surface area contributed by atoms with E-state index in [0.717, 1.165) is 44.7 Å². The van der Waals surface area contributed by atoms with E-state index in [2.05, 4.69) is 4.90 Å². The lowest BCUT2D eigenvalue weighted by Gasteiger charge is -2.34. The second-order valence-corrected chi connectivity index (χ2v) is 5.50. The molecule has 1 saturated heterocycles. The van der Waals surface area contributed by atoms with Crippen LogP contribution in [0, 0.1) is 17.6 Å². The number of halogens is 2. The quantitative estimate of drug-likeness (QED) is 0.902. The third kappa shape index (κ3) is 3.98. The van der Waals surface area contributed by atoms with Gasteiger partial charge in [0.05, 0.1) is 6.61 Å². The number of hydrogen-bond donors (Lipinski definition) is 1. The molecule has 1 aromatic rings. The first kappa shape index (κ1) is 15.4. The van der Waals surface area contributed by atoms with E-state index >= 15 is 0 Å². The van der Waals surface area contributed by atoms with Gasteiger partial charge in [-0.15, -0.1) is 0 Å². The second-order valence-electron chi connectivity index (χ2n) is 5.50. The zero-order chi connectivity index (χ0) is 14.5. The van der Waals surface area contributed by atoms with E-state index in [1.165, 1.54) is 6.07 Å². The van der Waals surface area contributed by atoms with Crippen molar-refractivity contribution in [2.75, 3.05) is 33.4 Å². The first-order valence-electron chi connectivity index (χ1n) is 7.02. The van der Waals surface area contributed by atoms with Crippen LogP contribution in [0.1, 0.15) is 24.4 Å². The Morgan fingerprint density at radius 3 is 3.00 bits per heavy atom. The van der Waals surface area contributed by atoms with Gasteiger partial charge in [0, 0.05) is 31.8 Å². The molecule has 1 aliphatic heterocycles.